The van der Waals surface area contributed by atoms with E-state index < -0.39 is 0 Å². The van der Waals surface area contributed by atoms with Gasteiger partial charge >= 0.3 is 0 Å². The molecule has 36 heavy (non-hydrogen) atoms. The highest BCUT2D eigenvalue weighted by molar-refractivity contribution is 8.19. The van der Waals surface area contributed by atoms with Crippen LogP contribution in [0.3, 0.4) is 0 Å². The number of carbonyl (C=O) groups is 1. The molecule has 4 nitrogen and oxygen atoms in total. The first-order valence-electron chi connectivity index (χ1n) is 11.6. The monoisotopic (exact) mass is 496 g/mol. The second-order valence-corrected chi connectivity index (χ2v) is 9.87. The molecule has 0 saturated carbocycles. The van der Waals surface area contributed by atoms with Crippen molar-refractivity contribution in [2.24, 2.45) is 4.99 Å². The molecule has 0 atom stereocenters. The Hall–Kier alpha value is -3.90. The van der Waals surface area contributed by atoms with E-state index in [4.69, 9.17) is 9.41 Å². The van der Waals surface area contributed by atoms with Crippen LogP contribution in [0.4, 0.5) is 15.8 Å². The molecule has 4 aromatic rings. The maximum atomic E-state index is 14.2. The van der Waals surface area contributed by atoms with E-state index >= 15 is 0 Å². The molecule has 1 fully saturated rings. The number of hydrogen-bond acceptors (Lipinski definition) is 4. The summed E-state index contributed by atoms with van der Waals surface area (Å²) in [6.07, 6.45) is 1.69. The summed E-state index contributed by atoms with van der Waals surface area (Å²) in [5.74, 6) is 0.331. The number of anilines is 1. The largest absolute Gasteiger partial charge is 0.457 e. The van der Waals surface area contributed by atoms with Crippen molar-refractivity contribution >= 4 is 40.3 Å². The van der Waals surface area contributed by atoms with Gasteiger partial charge in [-0.05, 0) is 110 Å². The number of halogens is 1. The van der Waals surface area contributed by atoms with Gasteiger partial charge in [0.25, 0.3) is 5.91 Å². The zero-order valence-electron chi connectivity index (χ0n) is 20.5. The van der Waals surface area contributed by atoms with Crippen LogP contribution in [-0.4, -0.2) is 11.1 Å². The minimum absolute atomic E-state index is 0.185. The highest BCUT2D eigenvalue weighted by atomic mass is 32.2. The Kier molecular flexibility index (Phi) is 6.37. The van der Waals surface area contributed by atoms with Gasteiger partial charge in [-0.1, -0.05) is 24.3 Å². The molecule has 1 aromatic heterocycles. The van der Waals surface area contributed by atoms with Crippen LogP contribution in [0, 0.1) is 33.5 Å². The van der Waals surface area contributed by atoms with E-state index in [1.165, 1.54) is 23.4 Å². The number of rotatable bonds is 4. The van der Waals surface area contributed by atoms with Gasteiger partial charge in [0.2, 0.25) is 0 Å². The van der Waals surface area contributed by atoms with Crippen LogP contribution in [0.25, 0.3) is 17.4 Å². The van der Waals surface area contributed by atoms with Gasteiger partial charge in [-0.25, -0.2) is 9.38 Å². The van der Waals surface area contributed by atoms with Crippen molar-refractivity contribution < 1.29 is 13.6 Å². The average molecular weight is 497 g/mol. The predicted molar refractivity (Wildman–Crippen MR) is 146 cm³/mol. The van der Waals surface area contributed by atoms with Crippen molar-refractivity contribution in [2.45, 2.75) is 27.7 Å². The summed E-state index contributed by atoms with van der Waals surface area (Å²) in [5.41, 5.74) is 6.48. The summed E-state index contributed by atoms with van der Waals surface area (Å²) < 4.78 is 20.1. The number of furan rings is 1. The second-order valence-electron chi connectivity index (χ2n) is 8.86. The third kappa shape index (κ3) is 4.64. The van der Waals surface area contributed by atoms with Crippen molar-refractivity contribution in [3.8, 4) is 11.3 Å². The molecule has 0 bridgehead atoms. The fourth-order valence-corrected chi connectivity index (χ4v) is 4.89. The van der Waals surface area contributed by atoms with E-state index in [0.717, 1.165) is 28.1 Å². The van der Waals surface area contributed by atoms with Crippen molar-refractivity contribution in [1.82, 2.24) is 0 Å². The number of nitrogens with zero attached hydrogens (tertiary/aromatic N) is 2. The molecule has 1 amide bonds. The first-order chi connectivity index (χ1) is 17.3. The third-order valence-corrected chi connectivity index (χ3v) is 7.28. The molecular formula is C30H25FN2O2S. The number of amidine groups is 1. The fraction of sp³-hybridized carbons (Fsp3) is 0.133. The topological polar surface area (TPSA) is 45.8 Å². The summed E-state index contributed by atoms with van der Waals surface area (Å²) in [6, 6.07) is 21.8. The minimum atomic E-state index is -0.360. The lowest BCUT2D eigenvalue weighted by molar-refractivity contribution is -0.113. The van der Waals surface area contributed by atoms with Crippen LogP contribution in [0.5, 0.6) is 0 Å². The quantitative estimate of drug-likeness (QED) is 0.268. The maximum Gasteiger partial charge on any atom is 0.271 e. The predicted octanol–water partition coefficient (Wildman–Crippen LogP) is 8.13. The maximum absolute atomic E-state index is 14.2. The SMILES string of the molecule is Cc1ccc(N=C2SC(=Cc3ccc(-c4ccccc4F)o3)C(=O)N2c2ccc(C)c(C)c2)cc1C. The number of benzene rings is 3. The van der Waals surface area contributed by atoms with E-state index in [-0.39, 0.29) is 11.7 Å². The Balaban J connectivity index is 1.55. The first-order valence-corrected chi connectivity index (χ1v) is 12.4. The average Bonchev–Trinajstić information content (AvgIpc) is 3.43. The molecular weight excluding hydrogens is 471 g/mol. The van der Waals surface area contributed by atoms with Crippen LogP contribution in [0.2, 0.25) is 0 Å². The summed E-state index contributed by atoms with van der Waals surface area (Å²) in [4.78, 5) is 20.6. The molecule has 1 saturated heterocycles. The van der Waals surface area contributed by atoms with E-state index in [2.05, 4.69) is 6.92 Å². The van der Waals surface area contributed by atoms with Crippen LogP contribution in [0.15, 0.2) is 87.1 Å². The van der Waals surface area contributed by atoms with E-state index in [9.17, 15) is 9.18 Å². The molecule has 0 unspecified atom stereocenters. The molecule has 5 rings (SSSR count). The van der Waals surface area contributed by atoms with E-state index in [1.807, 2.05) is 57.2 Å². The number of carbonyl (C=O) groups excluding carboxylic acids is 1. The molecule has 6 heteroatoms. The van der Waals surface area contributed by atoms with Crippen molar-refractivity contribution in [3.63, 3.8) is 0 Å². The molecule has 2 heterocycles. The Labute approximate surface area is 214 Å². The zero-order chi connectivity index (χ0) is 25.4. The van der Waals surface area contributed by atoms with Gasteiger partial charge in [-0.15, -0.1) is 0 Å². The first kappa shape index (κ1) is 23.8. The highest BCUT2D eigenvalue weighted by Gasteiger charge is 2.35. The highest BCUT2D eigenvalue weighted by Crippen LogP contribution is 2.38. The van der Waals surface area contributed by atoms with Gasteiger partial charge in [-0.2, -0.15) is 0 Å². The summed E-state index contributed by atoms with van der Waals surface area (Å²) in [7, 11) is 0. The standard InChI is InChI=1S/C30H25FN2O2S/c1-18-9-11-22(15-20(18)3)32-30-33(23-12-10-19(2)21(4)16-23)29(34)28(36-30)17-24-13-14-27(35-24)25-7-5-6-8-26(25)31/h5-17H,1-4H3. The summed E-state index contributed by atoms with van der Waals surface area (Å²) in [5, 5.41) is 0.568. The van der Waals surface area contributed by atoms with E-state index in [0.29, 0.717) is 27.2 Å². The van der Waals surface area contributed by atoms with Gasteiger partial charge in [0, 0.05) is 6.08 Å². The smallest absolute Gasteiger partial charge is 0.271 e. The lowest BCUT2D eigenvalue weighted by Gasteiger charge is -2.17. The molecule has 0 radical (unpaired) electrons. The molecule has 1 aliphatic rings. The van der Waals surface area contributed by atoms with E-state index in [1.54, 1.807) is 41.3 Å². The summed E-state index contributed by atoms with van der Waals surface area (Å²) in [6.45, 7) is 8.17. The lowest BCUT2D eigenvalue weighted by Crippen LogP contribution is -2.28. The molecule has 0 spiro atoms. The Morgan fingerprint density at radius 3 is 2.31 bits per heavy atom. The Bertz CT molecular complexity index is 1550. The second kappa shape index (κ2) is 9.63. The molecule has 0 aliphatic carbocycles. The number of aliphatic imine (C=N–C) groups is 1. The van der Waals surface area contributed by atoms with Gasteiger partial charge in [-0.3, -0.25) is 9.69 Å². The molecule has 3 aromatic carbocycles. The fourth-order valence-electron chi connectivity index (χ4n) is 3.91. The minimum Gasteiger partial charge on any atom is -0.457 e. The third-order valence-electron chi connectivity index (χ3n) is 6.31. The molecule has 180 valence electrons. The zero-order valence-corrected chi connectivity index (χ0v) is 21.3. The van der Waals surface area contributed by atoms with Crippen molar-refractivity contribution in [3.05, 3.63) is 112 Å². The van der Waals surface area contributed by atoms with Crippen molar-refractivity contribution in [2.75, 3.05) is 4.90 Å². The number of aryl methyl sites for hydroxylation is 4. The van der Waals surface area contributed by atoms with Gasteiger partial charge < -0.3 is 4.42 Å². The van der Waals surface area contributed by atoms with Crippen LogP contribution in [0.1, 0.15) is 28.0 Å². The van der Waals surface area contributed by atoms with Crippen LogP contribution in [-0.2, 0) is 4.79 Å². The van der Waals surface area contributed by atoms with Crippen molar-refractivity contribution in [1.29, 1.82) is 0 Å². The number of thioether (sulfide) groups is 1. The van der Waals surface area contributed by atoms with Gasteiger partial charge in [0.15, 0.2) is 5.17 Å². The normalized spacial score (nSPS) is 15.9. The molecule has 1 aliphatic heterocycles. The summed E-state index contributed by atoms with van der Waals surface area (Å²) >= 11 is 1.29. The number of hydrogen-bond donors (Lipinski definition) is 0. The van der Waals surface area contributed by atoms with Crippen LogP contribution < -0.4 is 4.90 Å². The Morgan fingerprint density at radius 2 is 1.58 bits per heavy atom. The van der Waals surface area contributed by atoms with Gasteiger partial charge in [0.1, 0.15) is 17.3 Å². The Morgan fingerprint density at radius 1 is 0.861 bits per heavy atom. The van der Waals surface area contributed by atoms with Gasteiger partial charge in [0.05, 0.1) is 21.8 Å². The number of amides is 1. The van der Waals surface area contributed by atoms with Crippen LogP contribution >= 0.6 is 11.8 Å². The molecule has 0 N–H and O–H groups in total. The lowest BCUT2D eigenvalue weighted by atomic mass is 10.1.